The Balaban J connectivity index is 1.47. The number of thioether (sulfide) groups is 1. The van der Waals surface area contributed by atoms with Crippen LogP contribution in [0.5, 0.6) is 11.5 Å². The van der Waals surface area contributed by atoms with E-state index in [1.165, 1.54) is 16.4 Å². The van der Waals surface area contributed by atoms with Crippen molar-refractivity contribution in [3.63, 3.8) is 0 Å². The average molecular weight is 449 g/mol. The number of hydrogen-bond acceptors (Lipinski definition) is 6. The Labute approximate surface area is 181 Å². The van der Waals surface area contributed by atoms with Crippen molar-refractivity contribution in [1.82, 2.24) is 9.21 Å². The summed E-state index contributed by atoms with van der Waals surface area (Å²) >= 11 is 1.59. The van der Waals surface area contributed by atoms with Crippen molar-refractivity contribution < 1.29 is 22.7 Å². The fraction of sp³-hybridized carbons (Fsp3) is 0.381. The van der Waals surface area contributed by atoms with Gasteiger partial charge in [-0.25, -0.2) is 8.42 Å². The Morgan fingerprint density at radius 1 is 0.967 bits per heavy atom. The van der Waals surface area contributed by atoms with Gasteiger partial charge in [0.05, 0.1) is 4.90 Å². The van der Waals surface area contributed by atoms with Crippen LogP contribution in [-0.2, 0) is 10.0 Å². The summed E-state index contributed by atoms with van der Waals surface area (Å²) in [5.41, 5.74) is 1.59. The zero-order valence-electron chi connectivity index (χ0n) is 17.0. The van der Waals surface area contributed by atoms with E-state index in [1.54, 1.807) is 22.7 Å². The lowest BCUT2D eigenvalue weighted by atomic mass is 10.1. The number of amides is 1. The van der Waals surface area contributed by atoms with Crippen molar-refractivity contribution in [3.05, 3.63) is 47.5 Å². The first-order chi connectivity index (χ1) is 14.4. The van der Waals surface area contributed by atoms with Crippen molar-refractivity contribution in [2.45, 2.75) is 16.7 Å². The summed E-state index contributed by atoms with van der Waals surface area (Å²) in [5.74, 6) is 0.943. The number of carbonyl (C=O) groups is 1. The monoisotopic (exact) mass is 448 g/mol. The number of fused-ring (bicyclic) bond motifs is 1. The molecule has 0 aliphatic carbocycles. The van der Waals surface area contributed by atoms with Crippen LogP contribution >= 0.6 is 11.8 Å². The Morgan fingerprint density at radius 3 is 2.37 bits per heavy atom. The molecule has 4 rings (SSSR count). The zero-order chi connectivity index (χ0) is 21.3. The molecule has 2 aromatic rings. The molecule has 0 atom stereocenters. The SMILES string of the molecule is CSc1ccc(C)c(C(=O)N2CCN(S(=O)(=O)c3ccc4c(c3)OCCO4)CC2)c1. The standard InChI is InChI=1S/C21H24N2O5S2/c1-15-3-4-16(29-2)13-18(15)21(24)22-7-9-23(10-8-22)30(25,26)17-5-6-19-20(14-17)28-12-11-27-19/h3-6,13-14H,7-12H2,1-2H3. The first-order valence-electron chi connectivity index (χ1n) is 9.74. The van der Waals surface area contributed by atoms with Crippen molar-refractivity contribution in [2.24, 2.45) is 0 Å². The third-order valence-corrected chi connectivity index (χ3v) is 7.97. The van der Waals surface area contributed by atoms with Crippen LogP contribution in [0.4, 0.5) is 0 Å². The second kappa shape index (κ2) is 8.49. The minimum absolute atomic E-state index is 0.0558. The molecule has 0 spiro atoms. The van der Waals surface area contributed by atoms with Crippen LogP contribution in [0, 0.1) is 6.92 Å². The number of sulfonamides is 1. The van der Waals surface area contributed by atoms with Gasteiger partial charge in [0, 0.05) is 42.7 Å². The molecule has 2 aliphatic rings. The second-order valence-corrected chi connectivity index (χ2v) is 10.0. The lowest BCUT2D eigenvalue weighted by Gasteiger charge is -2.34. The summed E-state index contributed by atoms with van der Waals surface area (Å²) in [6.07, 6.45) is 1.97. The largest absolute Gasteiger partial charge is 0.486 e. The van der Waals surface area contributed by atoms with E-state index in [2.05, 4.69) is 0 Å². The van der Waals surface area contributed by atoms with E-state index in [4.69, 9.17) is 9.47 Å². The molecule has 1 amide bonds. The molecule has 160 valence electrons. The fourth-order valence-electron chi connectivity index (χ4n) is 3.59. The number of ether oxygens (including phenoxy) is 2. The normalized spacial score (nSPS) is 17.1. The van der Waals surface area contributed by atoms with Gasteiger partial charge in [0.25, 0.3) is 5.91 Å². The molecule has 2 aliphatic heterocycles. The molecule has 0 bridgehead atoms. The Kier molecular flexibility index (Phi) is 5.95. The Morgan fingerprint density at radius 2 is 1.67 bits per heavy atom. The molecule has 2 heterocycles. The Hall–Kier alpha value is -2.23. The van der Waals surface area contributed by atoms with E-state index < -0.39 is 10.0 Å². The summed E-state index contributed by atoms with van der Waals surface area (Å²) in [6, 6.07) is 10.5. The predicted molar refractivity (Wildman–Crippen MR) is 115 cm³/mol. The topological polar surface area (TPSA) is 76.2 Å². The summed E-state index contributed by atoms with van der Waals surface area (Å²) in [4.78, 5) is 15.9. The molecule has 9 heteroatoms. The van der Waals surface area contributed by atoms with Gasteiger partial charge in [-0.1, -0.05) is 6.07 Å². The van der Waals surface area contributed by atoms with Crippen molar-refractivity contribution in [3.8, 4) is 11.5 Å². The summed E-state index contributed by atoms with van der Waals surface area (Å²) in [7, 11) is -3.67. The van der Waals surface area contributed by atoms with Gasteiger partial charge >= 0.3 is 0 Å². The van der Waals surface area contributed by atoms with Gasteiger partial charge in [0.2, 0.25) is 10.0 Å². The van der Waals surface area contributed by atoms with Crippen molar-refractivity contribution >= 4 is 27.7 Å². The number of aryl methyl sites for hydroxylation is 1. The molecule has 30 heavy (non-hydrogen) atoms. The molecule has 0 aromatic heterocycles. The summed E-state index contributed by atoms with van der Waals surface area (Å²) in [5, 5.41) is 0. The molecule has 1 saturated heterocycles. The molecular formula is C21H24N2O5S2. The summed E-state index contributed by atoms with van der Waals surface area (Å²) in [6.45, 7) is 3.98. The maximum Gasteiger partial charge on any atom is 0.254 e. The molecule has 0 radical (unpaired) electrons. The average Bonchev–Trinajstić information content (AvgIpc) is 2.78. The highest BCUT2D eigenvalue weighted by molar-refractivity contribution is 7.98. The van der Waals surface area contributed by atoms with E-state index in [-0.39, 0.29) is 23.9 Å². The highest BCUT2D eigenvalue weighted by Crippen LogP contribution is 2.33. The number of rotatable bonds is 4. The van der Waals surface area contributed by atoms with E-state index in [9.17, 15) is 13.2 Å². The molecule has 0 unspecified atom stereocenters. The lowest BCUT2D eigenvalue weighted by Crippen LogP contribution is -2.50. The minimum Gasteiger partial charge on any atom is -0.486 e. The highest BCUT2D eigenvalue weighted by Gasteiger charge is 2.31. The van der Waals surface area contributed by atoms with Crippen LogP contribution in [-0.4, -0.2) is 69.2 Å². The van der Waals surface area contributed by atoms with Gasteiger partial charge in [0.15, 0.2) is 11.5 Å². The van der Waals surface area contributed by atoms with E-state index in [1.807, 2.05) is 31.4 Å². The molecule has 0 saturated carbocycles. The highest BCUT2D eigenvalue weighted by atomic mass is 32.2. The quantitative estimate of drug-likeness (QED) is 0.670. The third kappa shape index (κ3) is 4.01. The molecule has 2 aromatic carbocycles. The number of carbonyl (C=O) groups excluding carboxylic acids is 1. The van der Waals surface area contributed by atoms with Gasteiger partial charge in [-0.2, -0.15) is 4.31 Å². The number of hydrogen-bond donors (Lipinski definition) is 0. The Bertz CT molecular complexity index is 1060. The van der Waals surface area contributed by atoms with Crippen LogP contribution < -0.4 is 9.47 Å². The van der Waals surface area contributed by atoms with Crippen LogP contribution in [0.1, 0.15) is 15.9 Å². The van der Waals surface area contributed by atoms with Crippen molar-refractivity contribution in [1.29, 1.82) is 0 Å². The van der Waals surface area contributed by atoms with Gasteiger partial charge in [-0.15, -0.1) is 11.8 Å². The number of nitrogens with zero attached hydrogens (tertiary/aromatic N) is 2. The number of piperazine rings is 1. The second-order valence-electron chi connectivity index (χ2n) is 7.18. The van der Waals surface area contributed by atoms with Crippen LogP contribution in [0.15, 0.2) is 46.2 Å². The third-order valence-electron chi connectivity index (χ3n) is 5.35. The van der Waals surface area contributed by atoms with Gasteiger partial charge in [-0.05, 0) is 43.0 Å². The molecule has 0 N–H and O–H groups in total. The summed E-state index contributed by atoms with van der Waals surface area (Å²) < 4.78 is 38.6. The van der Waals surface area contributed by atoms with Crippen LogP contribution in [0.3, 0.4) is 0 Å². The first kappa shape index (κ1) is 21.0. The molecular weight excluding hydrogens is 424 g/mol. The lowest BCUT2D eigenvalue weighted by molar-refractivity contribution is 0.0697. The number of benzene rings is 2. The smallest absolute Gasteiger partial charge is 0.254 e. The van der Waals surface area contributed by atoms with Crippen molar-refractivity contribution in [2.75, 3.05) is 45.6 Å². The maximum atomic E-state index is 13.1. The minimum atomic E-state index is -3.67. The maximum absolute atomic E-state index is 13.1. The fourth-order valence-corrected chi connectivity index (χ4v) is 5.47. The van der Waals surface area contributed by atoms with Gasteiger partial charge < -0.3 is 14.4 Å². The van der Waals surface area contributed by atoms with E-state index in [0.29, 0.717) is 43.4 Å². The van der Waals surface area contributed by atoms with Gasteiger partial charge in [-0.3, -0.25) is 4.79 Å². The molecule has 1 fully saturated rings. The van der Waals surface area contributed by atoms with Gasteiger partial charge in [0.1, 0.15) is 13.2 Å². The van der Waals surface area contributed by atoms with E-state index in [0.717, 1.165) is 10.5 Å². The van der Waals surface area contributed by atoms with Crippen LogP contribution in [0.2, 0.25) is 0 Å². The van der Waals surface area contributed by atoms with E-state index >= 15 is 0 Å². The van der Waals surface area contributed by atoms with Crippen LogP contribution in [0.25, 0.3) is 0 Å². The zero-order valence-corrected chi connectivity index (χ0v) is 18.6. The predicted octanol–water partition coefficient (Wildman–Crippen LogP) is 2.63. The molecule has 7 nitrogen and oxygen atoms in total. The first-order valence-corrected chi connectivity index (χ1v) is 12.4.